The number of aromatic nitrogens is 1. The molecule has 136 valence electrons. The second kappa shape index (κ2) is 8.78. The predicted octanol–water partition coefficient (Wildman–Crippen LogP) is 2.76. The number of nitrogens with one attached hydrogen (secondary N) is 1. The quantitative estimate of drug-likeness (QED) is 0.643. The Hall–Kier alpha value is -1.44. The van der Waals surface area contributed by atoms with E-state index in [1.807, 2.05) is 18.4 Å². The van der Waals surface area contributed by atoms with E-state index < -0.39 is 0 Å². The molecule has 2 aromatic rings. The third-order valence-electron chi connectivity index (χ3n) is 4.48. The molecule has 0 amide bonds. The van der Waals surface area contributed by atoms with Gasteiger partial charge >= 0.3 is 0 Å². The van der Waals surface area contributed by atoms with Crippen molar-refractivity contribution in [1.82, 2.24) is 20.1 Å². The lowest BCUT2D eigenvalue weighted by atomic mass is 10.3. The van der Waals surface area contributed by atoms with Crippen molar-refractivity contribution in [2.45, 2.75) is 26.8 Å². The molecule has 1 fully saturated rings. The molecule has 0 bridgehead atoms. The van der Waals surface area contributed by atoms with Crippen LogP contribution in [-0.4, -0.2) is 60.5 Å². The van der Waals surface area contributed by atoms with Gasteiger partial charge in [0.25, 0.3) is 0 Å². The lowest BCUT2D eigenvalue weighted by Gasteiger charge is -2.36. The molecule has 0 spiro atoms. The number of hydrogen-bond donors (Lipinski definition) is 1. The van der Waals surface area contributed by atoms with Crippen molar-refractivity contribution in [1.29, 1.82) is 0 Å². The molecular formula is C18H27N5S2. The van der Waals surface area contributed by atoms with Gasteiger partial charge in [-0.2, -0.15) is 0 Å². The Bertz CT molecular complexity index is 684. The molecule has 3 heterocycles. The Morgan fingerprint density at radius 2 is 2.08 bits per heavy atom. The van der Waals surface area contributed by atoms with Crippen LogP contribution in [0.5, 0.6) is 0 Å². The van der Waals surface area contributed by atoms with Crippen molar-refractivity contribution in [3.05, 3.63) is 38.0 Å². The van der Waals surface area contributed by atoms with E-state index in [4.69, 9.17) is 0 Å². The average molecular weight is 378 g/mol. The Balaban J connectivity index is 1.43. The second-order valence-electron chi connectivity index (χ2n) is 6.31. The maximum absolute atomic E-state index is 4.50. The molecule has 1 aliphatic heterocycles. The first kappa shape index (κ1) is 18.4. The van der Waals surface area contributed by atoms with Crippen LogP contribution in [0.3, 0.4) is 0 Å². The van der Waals surface area contributed by atoms with E-state index in [0.717, 1.165) is 56.7 Å². The molecule has 0 saturated carbocycles. The van der Waals surface area contributed by atoms with Gasteiger partial charge < -0.3 is 10.2 Å². The van der Waals surface area contributed by atoms with E-state index in [1.54, 1.807) is 11.3 Å². The third kappa shape index (κ3) is 5.03. The molecule has 1 N–H and O–H groups in total. The SMILES string of the molecule is CN=C(NCCc1sc(C)nc1C)N1CCN(Cc2cccs2)CC1. The number of aliphatic imine (C=N–C) groups is 1. The highest BCUT2D eigenvalue weighted by molar-refractivity contribution is 7.11. The minimum atomic E-state index is 0.907. The molecule has 2 aromatic heterocycles. The highest BCUT2D eigenvalue weighted by atomic mass is 32.1. The van der Waals surface area contributed by atoms with E-state index in [1.165, 1.54) is 15.4 Å². The Morgan fingerprint density at radius 1 is 1.28 bits per heavy atom. The van der Waals surface area contributed by atoms with Gasteiger partial charge in [-0.3, -0.25) is 9.89 Å². The van der Waals surface area contributed by atoms with Crippen LogP contribution in [0.25, 0.3) is 0 Å². The molecule has 0 aromatic carbocycles. The maximum atomic E-state index is 4.50. The molecule has 25 heavy (non-hydrogen) atoms. The predicted molar refractivity (Wildman–Crippen MR) is 108 cm³/mol. The summed E-state index contributed by atoms with van der Waals surface area (Å²) in [6, 6.07) is 4.36. The van der Waals surface area contributed by atoms with E-state index >= 15 is 0 Å². The van der Waals surface area contributed by atoms with Crippen molar-refractivity contribution >= 4 is 28.6 Å². The molecule has 0 aliphatic carbocycles. The van der Waals surface area contributed by atoms with Gasteiger partial charge in [0.2, 0.25) is 0 Å². The minimum absolute atomic E-state index is 0.907. The molecular weight excluding hydrogens is 350 g/mol. The van der Waals surface area contributed by atoms with Gasteiger partial charge in [-0.1, -0.05) is 6.07 Å². The van der Waals surface area contributed by atoms with Crippen molar-refractivity contribution in [2.75, 3.05) is 39.8 Å². The summed E-state index contributed by atoms with van der Waals surface area (Å²) in [6.45, 7) is 10.4. The summed E-state index contributed by atoms with van der Waals surface area (Å²) in [5.74, 6) is 1.02. The van der Waals surface area contributed by atoms with Gasteiger partial charge in [-0.25, -0.2) is 4.98 Å². The van der Waals surface area contributed by atoms with Crippen LogP contribution < -0.4 is 5.32 Å². The zero-order chi connectivity index (χ0) is 17.6. The van der Waals surface area contributed by atoms with Crippen molar-refractivity contribution in [3.63, 3.8) is 0 Å². The van der Waals surface area contributed by atoms with E-state index in [-0.39, 0.29) is 0 Å². The van der Waals surface area contributed by atoms with Gasteiger partial charge in [0, 0.05) is 62.5 Å². The first-order valence-electron chi connectivity index (χ1n) is 8.79. The van der Waals surface area contributed by atoms with Crippen LogP contribution in [0.15, 0.2) is 22.5 Å². The van der Waals surface area contributed by atoms with E-state index in [0.29, 0.717) is 0 Å². The molecule has 0 atom stereocenters. The molecule has 1 saturated heterocycles. The van der Waals surface area contributed by atoms with Crippen LogP contribution in [0, 0.1) is 13.8 Å². The summed E-state index contributed by atoms with van der Waals surface area (Å²) in [4.78, 5) is 16.7. The van der Waals surface area contributed by atoms with Crippen molar-refractivity contribution < 1.29 is 0 Å². The number of thiophene rings is 1. The average Bonchev–Trinajstić information content (AvgIpc) is 3.22. The van der Waals surface area contributed by atoms with Crippen LogP contribution in [-0.2, 0) is 13.0 Å². The first-order valence-corrected chi connectivity index (χ1v) is 10.5. The van der Waals surface area contributed by atoms with Crippen LogP contribution in [0.1, 0.15) is 20.5 Å². The third-order valence-corrected chi connectivity index (χ3v) is 6.47. The maximum Gasteiger partial charge on any atom is 0.193 e. The molecule has 5 nitrogen and oxygen atoms in total. The van der Waals surface area contributed by atoms with Gasteiger partial charge in [0.15, 0.2) is 5.96 Å². The van der Waals surface area contributed by atoms with Crippen LogP contribution in [0.2, 0.25) is 0 Å². The molecule has 1 aliphatic rings. The Morgan fingerprint density at radius 3 is 2.68 bits per heavy atom. The minimum Gasteiger partial charge on any atom is -0.356 e. The largest absolute Gasteiger partial charge is 0.356 e. The zero-order valence-electron chi connectivity index (χ0n) is 15.3. The molecule has 0 unspecified atom stereocenters. The summed E-state index contributed by atoms with van der Waals surface area (Å²) in [5, 5.41) is 6.83. The fourth-order valence-corrected chi connectivity index (χ4v) is 4.85. The number of guanidine groups is 1. The van der Waals surface area contributed by atoms with Gasteiger partial charge in [0.05, 0.1) is 10.7 Å². The molecule has 3 rings (SSSR count). The molecule has 0 radical (unpaired) electrons. The molecule has 7 heteroatoms. The van der Waals surface area contributed by atoms with E-state index in [9.17, 15) is 0 Å². The monoisotopic (exact) mass is 377 g/mol. The summed E-state index contributed by atoms with van der Waals surface area (Å²) < 4.78 is 0. The van der Waals surface area contributed by atoms with Crippen molar-refractivity contribution in [3.8, 4) is 0 Å². The standard InChI is InChI=1S/C18H27N5S2/c1-14-17(25-15(2)21-14)6-7-20-18(19-3)23-10-8-22(9-11-23)13-16-5-4-12-24-16/h4-5,12H,6-11,13H2,1-3H3,(H,19,20). The zero-order valence-corrected chi connectivity index (χ0v) is 16.9. The number of nitrogens with zero attached hydrogens (tertiary/aromatic N) is 4. The fraction of sp³-hybridized carbons (Fsp3) is 0.556. The lowest BCUT2D eigenvalue weighted by molar-refractivity contribution is 0.174. The Labute approximate surface area is 158 Å². The highest BCUT2D eigenvalue weighted by Gasteiger charge is 2.19. The van der Waals surface area contributed by atoms with Crippen LogP contribution in [0.4, 0.5) is 0 Å². The van der Waals surface area contributed by atoms with Gasteiger partial charge in [-0.05, 0) is 25.3 Å². The lowest BCUT2D eigenvalue weighted by Crippen LogP contribution is -2.52. The number of aryl methyl sites for hydroxylation is 2. The summed E-state index contributed by atoms with van der Waals surface area (Å²) >= 11 is 3.65. The number of rotatable bonds is 5. The van der Waals surface area contributed by atoms with Gasteiger partial charge in [-0.15, -0.1) is 22.7 Å². The number of hydrogen-bond acceptors (Lipinski definition) is 5. The fourth-order valence-electron chi connectivity index (χ4n) is 3.17. The van der Waals surface area contributed by atoms with E-state index in [2.05, 4.69) is 56.5 Å². The topological polar surface area (TPSA) is 43.8 Å². The van der Waals surface area contributed by atoms with Crippen molar-refractivity contribution in [2.24, 2.45) is 4.99 Å². The first-order chi connectivity index (χ1) is 12.2. The summed E-state index contributed by atoms with van der Waals surface area (Å²) in [5.41, 5.74) is 1.17. The number of piperazine rings is 1. The second-order valence-corrected chi connectivity index (χ2v) is 8.63. The van der Waals surface area contributed by atoms with Crippen LogP contribution >= 0.6 is 22.7 Å². The number of thiazole rings is 1. The smallest absolute Gasteiger partial charge is 0.193 e. The summed E-state index contributed by atoms with van der Waals surface area (Å²) in [6.07, 6.45) is 1.01. The summed E-state index contributed by atoms with van der Waals surface area (Å²) in [7, 11) is 1.88. The van der Waals surface area contributed by atoms with Gasteiger partial charge in [0.1, 0.15) is 0 Å². The normalized spacial score (nSPS) is 16.4. The Kier molecular flexibility index (Phi) is 6.45. The highest BCUT2D eigenvalue weighted by Crippen LogP contribution is 2.17.